The Morgan fingerprint density at radius 1 is 1.00 bits per heavy atom. The second-order valence-electron chi connectivity index (χ2n) is 5.02. The van der Waals surface area contributed by atoms with Gasteiger partial charge in [0.2, 0.25) is 0 Å². The van der Waals surface area contributed by atoms with Gasteiger partial charge in [-0.2, -0.15) is 0 Å². The summed E-state index contributed by atoms with van der Waals surface area (Å²) in [5, 5.41) is 0. The van der Waals surface area contributed by atoms with Crippen LogP contribution in [-0.4, -0.2) is 10.4 Å². The summed E-state index contributed by atoms with van der Waals surface area (Å²) in [6.45, 7) is 0.534. The molecule has 0 fully saturated rings. The van der Waals surface area contributed by atoms with Crippen LogP contribution in [0.3, 0.4) is 0 Å². The maximum absolute atomic E-state index is 12.1. The molecule has 2 aromatic rings. The van der Waals surface area contributed by atoms with Crippen LogP contribution in [0.2, 0.25) is 0 Å². The molecule has 0 atom stereocenters. The molecule has 3 rings (SSSR count). The number of hydrogen-bond acceptors (Lipinski definition) is 2. The van der Waals surface area contributed by atoms with Crippen LogP contribution in [0, 0.1) is 3.57 Å². The van der Waals surface area contributed by atoms with E-state index < -0.39 is 0 Å². The van der Waals surface area contributed by atoms with E-state index in [1.165, 1.54) is 9.64 Å². The van der Waals surface area contributed by atoms with Gasteiger partial charge < -0.3 is 4.57 Å². The highest BCUT2D eigenvalue weighted by Gasteiger charge is 2.20. The predicted octanol–water partition coefficient (Wildman–Crippen LogP) is 3.02. The van der Waals surface area contributed by atoms with Gasteiger partial charge in [0.15, 0.2) is 5.78 Å². The van der Waals surface area contributed by atoms with E-state index >= 15 is 0 Å². The van der Waals surface area contributed by atoms with Crippen molar-refractivity contribution in [3.63, 3.8) is 0 Å². The Morgan fingerprint density at radius 3 is 2.50 bits per heavy atom. The van der Waals surface area contributed by atoms with Crippen molar-refractivity contribution in [2.24, 2.45) is 0 Å². The fourth-order valence-electron chi connectivity index (χ4n) is 2.64. The van der Waals surface area contributed by atoms with E-state index in [0.29, 0.717) is 13.0 Å². The molecule has 1 heterocycles. The third-order valence-corrected chi connectivity index (χ3v) is 4.39. The van der Waals surface area contributed by atoms with E-state index in [-0.39, 0.29) is 11.3 Å². The van der Waals surface area contributed by atoms with Gasteiger partial charge in [-0.05, 0) is 59.2 Å². The number of fused-ring (bicyclic) bond motifs is 1. The summed E-state index contributed by atoms with van der Waals surface area (Å²) in [6.07, 6.45) is 2.23. The third-order valence-electron chi connectivity index (χ3n) is 3.67. The minimum Gasteiger partial charge on any atom is -0.308 e. The topological polar surface area (TPSA) is 39.1 Å². The number of pyridine rings is 1. The van der Waals surface area contributed by atoms with Gasteiger partial charge in [0, 0.05) is 27.3 Å². The number of benzene rings is 1. The summed E-state index contributed by atoms with van der Waals surface area (Å²) < 4.78 is 2.91. The van der Waals surface area contributed by atoms with Crippen LogP contribution in [0.25, 0.3) is 0 Å². The van der Waals surface area contributed by atoms with Gasteiger partial charge in [0.25, 0.3) is 5.56 Å². The number of carbonyl (C=O) groups excluding carboxylic acids is 1. The predicted molar refractivity (Wildman–Crippen MR) is 86.2 cm³/mol. The zero-order valence-electron chi connectivity index (χ0n) is 10.9. The molecule has 0 unspecified atom stereocenters. The zero-order chi connectivity index (χ0) is 14.1. The molecule has 102 valence electrons. The van der Waals surface area contributed by atoms with Crippen LogP contribution in [-0.2, 0) is 13.0 Å². The molecule has 0 saturated carbocycles. The molecule has 0 spiro atoms. The molecule has 1 aromatic heterocycles. The Kier molecular flexibility index (Phi) is 3.74. The first-order chi connectivity index (χ1) is 9.65. The molecule has 0 N–H and O–H groups in total. The highest BCUT2D eigenvalue weighted by atomic mass is 127. The van der Waals surface area contributed by atoms with Gasteiger partial charge in [-0.3, -0.25) is 9.59 Å². The number of carbonyl (C=O) groups is 1. The number of Topliss-reactive ketones (excluding diaryl/α,β-unsaturated/α-hetero) is 1. The number of rotatable bonds is 2. The van der Waals surface area contributed by atoms with Crippen molar-refractivity contribution >= 4 is 28.4 Å². The lowest BCUT2D eigenvalue weighted by Crippen LogP contribution is -2.28. The summed E-state index contributed by atoms with van der Waals surface area (Å²) in [7, 11) is 0. The number of hydrogen-bond donors (Lipinski definition) is 0. The van der Waals surface area contributed by atoms with Crippen LogP contribution in [0.15, 0.2) is 41.2 Å². The van der Waals surface area contributed by atoms with Crippen molar-refractivity contribution in [2.75, 3.05) is 0 Å². The molecule has 1 aliphatic rings. The number of ketones is 1. The van der Waals surface area contributed by atoms with E-state index in [4.69, 9.17) is 0 Å². The monoisotopic (exact) mass is 379 g/mol. The molecule has 3 nitrogen and oxygen atoms in total. The second kappa shape index (κ2) is 5.52. The SMILES string of the molecule is O=C1CCCc2c1ccc(=O)n2Cc1ccc(I)cc1. The first kappa shape index (κ1) is 13.5. The number of aromatic nitrogens is 1. The smallest absolute Gasteiger partial charge is 0.251 e. The third kappa shape index (κ3) is 2.57. The Balaban J connectivity index is 2.05. The van der Waals surface area contributed by atoms with E-state index in [1.807, 2.05) is 24.3 Å². The molecule has 20 heavy (non-hydrogen) atoms. The minimum absolute atomic E-state index is 0.0306. The van der Waals surface area contributed by atoms with Gasteiger partial charge in [0.1, 0.15) is 0 Å². The largest absolute Gasteiger partial charge is 0.308 e. The standard InChI is InChI=1S/C16H14INO2/c17-12-6-4-11(5-7-12)10-18-14-2-1-3-15(19)13(14)8-9-16(18)20/h4-9H,1-3,10H2. The average molecular weight is 379 g/mol. The average Bonchev–Trinajstić information content (AvgIpc) is 2.44. The number of nitrogens with zero attached hydrogens (tertiary/aromatic N) is 1. The van der Waals surface area contributed by atoms with Crippen LogP contribution < -0.4 is 5.56 Å². The van der Waals surface area contributed by atoms with E-state index in [9.17, 15) is 9.59 Å². The lowest BCUT2D eigenvalue weighted by molar-refractivity contribution is 0.0970. The van der Waals surface area contributed by atoms with Crippen molar-refractivity contribution in [1.29, 1.82) is 0 Å². The van der Waals surface area contributed by atoms with E-state index in [2.05, 4.69) is 22.6 Å². The van der Waals surface area contributed by atoms with Crippen LogP contribution in [0.4, 0.5) is 0 Å². The fourth-order valence-corrected chi connectivity index (χ4v) is 3.00. The number of halogens is 1. The Hall–Kier alpha value is -1.43. The van der Waals surface area contributed by atoms with Crippen LogP contribution >= 0.6 is 22.6 Å². The summed E-state index contributed by atoms with van der Waals surface area (Å²) in [6, 6.07) is 11.3. The molecular weight excluding hydrogens is 365 g/mol. The normalized spacial score (nSPS) is 14.2. The first-order valence-corrected chi connectivity index (χ1v) is 7.73. The summed E-state index contributed by atoms with van der Waals surface area (Å²) in [5.41, 5.74) is 2.67. The molecule has 1 aliphatic carbocycles. The maximum atomic E-state index is 12.1. The summed E-state index contributed by atoms with van der Waals surface area (Å²) in [4.78, 5) is 24.0. The molecule has 0 aliphatic heterocycles. The molecule has 0 saturated heterocycles. The van der Waals surface area contributed by atoms with Crippen molar-refractivity contribution in [2.45, 2.75) is 25.8 Å². The zero-order valence-corrected chi connectivity index (χ0v) is 13.1. The van der Waals surface area contributed by atoms with Crippen molar-refractivity contribution in [3.05, 3.63) is 67.1 Å². The molecular formula is C16H14INO2. The highest BCUT2D eigenvalue weighted by Crippen LogP contribution is 2.20. The minimum atomic E-state index is -0.0306. The lowest BCUT2D eigenvalue weighted by atomic mass is 9.94. The van der Waals surface area contributed by atoms with Gasteiger partial charge in [-0.25, -0.2) is 0 Å². The van der Waals surface area contributed by atoms with Crippen molar-refractivity contribution in [3.8, 4) is 0 Å². The highest BCUT2D eigenvalue weighted by molar-refractivity contribution is 14.1. The quantitative estimate of drug-likeness (QED) is 0.753. The molecule has 0 radical (unpaired) electrons. The van der Waals surface area contributed by atoms with Gasteiger partial charge in [0.05, 0.1) is 6.54 Å². The first-order valence-electron chi connectivity index (χ1n) is 6.65. The lowest BCUT2D eigenvalue weighted by Gasteiger charge is -2.20. The Labute approximate surface area is 130 Å². The maximum Gasteiger partial charge on any atom is 0.251 e. The van der Waals surface area contributed by atoms with Gasteiger partial charge in [-0.15, -0.1) is 0 Å². The molecule has 1 aromatic carbocycles. The molecule has 0 amide bonds. The second-order valence-corrected chi connectivity index (χ2v) is 6.27. The van der Waals surface area contributed by atoms with Crippen LogP contribution in [0.5, 0.6) is 0 Å². The Bertz CT molecular complexity index is 716. The summed E-state index contributed by atoms with van der Waals surface area (Å²) >= 11 is 2.26. The van der Waals surface area contributed by atoms with E-state index in [0.717, 1.165) is 29.7 Å². The Morgan fingerprint density at radius 2 is 1.75 bits per heavy atom. The molecule has 0 bridgehead atoms. The van der Waals surface area contributed by atoms with Gasteiger partial charge in [-0.1, -0.05) is 12.1 Å². The van der Waals surface area contributed by atoms with Crippen molar-refractivity contribution < 1.29 is 4.79 Å². The summed E-state index contributed by atoms with van der Waals surface area (Å²) in [5.74, 6) is 0.155. The van der Waals surface area contributed by atoms with E-state index in [1.54, 1.807) is 10.6 Å². The fraction of sp³-hybridized carbons (Fsp3) is 0.250. The van der Waals surface area contributed by atoms with Crippen molar-refractivity contribution in [1.82, 2.24) is 4.57 Å². The van der Waals surface area contributed by atoms with Crippen LogP contribution in [0.1, 0.15) is 34.5 Å². The van der Waals surface area contributed by atoms with Gasteiger partial charge >= 0.3 is 0 Å². The molecule has 4 heteroatoms.